The van der Waals surface area contributed by atoms with Crippen molar-refractivity contribution in [3.05, 3.63) is 35.4 Å². The third kappa shape index (κ3) is 4.04. The molecular weight excluding hydrogens is 268 g/mol. The van der Waals surface area contributed by atoms with E-state index in [4.69, 9.17) is 0 Å². The topological polar surface area (TPSA) is 78.4 Å². The smallest absolute Gasteiger partial charge is 0.221 e. The Morgan fingerprint density at radius 1 is 1.24 bits per heavy atom. The largest absolute Gasteiger partial charge is 0.390 e. The first-order valence-corrected chi connectivity index (χ1v) is 7.43. The number of aliphatic hydroxyl groups excluding tert-OH is 1. The molecular formula is C16H22N2O3. The molecule has 2 atom stereocenters. The minimum absolute atomic E-state index is 0.112. The molecule has 3 N–H and O–H groups in total. The maximum absolute atomic E-state index is 11.9. The molecule has 0 saturated heterocycles. The van der Waals surface area contributed by atoms with Gasteiger partial charge in [0.2, 0.25) is 11.8 Å². The molecule has 21 heavy (non-hydrogen) atoms. The van der Waals surface area contributed by atoms with Crippen LogP contribution in [0.25, 0.3) is 0 Å². The summed E-state index contributed by atoms with van der Waals surface area (Å²) in [5.74, 6) is -0.318. The molecule has 5 nitrogen and oxygen atoms in total. The summed E-state index contributed by atoms with van der Waals surface area (Å²) in [5, 5.41) is 15.6. The average molecular weight is 290 g/mol. The van der Waals surface area contributed by atoms with E-state index in [-0.39, 0.29) is 30.7 Å². The standard InChI is InChI=1S/C16H22N2O3/c1-2-9-17-14(20)7-8-15(21)18-16-12-6-4-3-5-11(12)10-13(16)19/h3-6,13,16,19H,2,7-10H2,1H3,(H,17,20)(H,18,21). The lowest BCUT2D eigenvalue weighted by atomic mass is 10.1. The fourth-order valence-electron chi connectivity index (χ4n) is 2.57. The fraction of sp³-hybridized carbons (Fsp3) is 0.500. The Labute approximate surface area is 124 Å². The van der Waals surface area contributed by atoms with Crippen LogP contribution in [-0.2, 0) is 16.0 Å². The van der Waals surface area contributed by atoms with Gasteiger partial charge in [0.25, 0.3) is 0 Å². The molecule has 2 rings (SSSR count). The van der Waals surface area contributed by atoms with Crippen LogP contribution in [0.1, 0.15) is 43.4 Å². The lowest BCUT2D eigenvalue weighted by Crippen LogP contribution is -2.34. The molecule has 0 aromatic heterocycles. The normalized spacial score (nSPS) is 19.9. The molecule has 1 aromatic rings. The van der Waals surface area contributed by atoms with Crippen LogP contribution in [0.15, 0.2) is 24.3 Å². The van der Waals surface area contributed by atoms with Crippen molar-refractivity contribution in [3.8, 4) is 0 Å². The molecule has 0 radical (unpaired) electrons. The number of rotatable bonds is 6. The zero-order valence-electron chi connectivity index (χ0n) is 12.3. The first-order chi connectivity index (χ1) is 10.1. The van der Waals surface area contributed by atoms with E-state index in [9.17, 15) is 14.7 Å². The Morgan fingerprint density at radius 2 is 1.95 bits per heavy atom. The SMILES string of the molecule is CCCNC(=O)CCC(=O)NC1c2ccccc2CC1O. The van der Waals surface area contributed by atoms with Gasteiger partial charge in [-0.15, -0.1) is 0 Å². The van der Waals surface area contributed by atoms with E-state index in [1.54, 1.807) is 0 Å². The van der Waals surface area contributed by atoms with Gasteiger partial charge in [-0.1, -0.05) is 31.2 Å². The van der Waals surface area contributed by atoms with Gasteiger partial charge in [-0.25, -0.2) is 0 Å². The highest BCUT2D eigenvalue weighted by Gasteiger charge is 2.31. The molecule has 0 aliphatic heterocycles. The van der Waals surface area contributed by atoms with Crippen LogP contribution in [0.2, 0.25) is 0 Å². The minimum atomic E-state index is -0.597. The summed E-state index contributed by atoms with van der Waals surface area (Å²) in [6.45, 7) is 2.61. The first-order valence-electron chi connectivity index (χ1n) is 7.43. The van der Waals surface area contributed by atoms with Crippen molar-refractivity contribution >= 4 is 11.8 Å². The number of hydrogen-bond acceptors (Lipinski definition) is 3. The van der Waals surface area contributed by atoms with Crippen molar-refractivity contribution in [2.75, 3.05) is 6.54 Å². The van der Waals surface area contributed by atoms with Gasteiger partial charge in [0.05, 0.1) is 12.1 Å². The van der Waals surface area contributed by atoms with Crippen LogP contribution in [0.5, 0.6) is 0 Å². The van der Waals surface area contributed by atoms with E-state index >= 15 is 0 Å². The maximum atomic E-state index is 11.9. The number of amides is 2. The summed E-state index contributed by atoms with van der Waals surface area (Å²) < 4.78 is 0. The van der Waals surface area contributed by atoms with Crippen LogP contribution in [-0.4, -0.2) is 29.6 Å². The summed E-state index contributed by atoms with van der Waals surface area (Å²) in [4.78, 5) is 23.4. The van der Waals surface area contributed by atoms with Crippen molar-refractivity contribution in [2.45, 2.75) is 44.8 Å². The summed E-state index contributed by atoms with van der Waals surface area (Å²) >= 11 is 0. The Bertz CT molecular complexity index is 516. The zero-order valence-corrected chi connectivity index (χ0v) is 12.3. The third-order valence-electron chi connectivity index (χ3n) is 3.67. The molecule has 2 unspecified atom stereocenters. The van der Waals surface area contributed by atoms with Crippen LogP contribution >= 0.6 is 0 Å². The summed E-state index contributed by atoms with van der Waals surface area (Å²) in [7, 11) is 0. The highest BCUT2D eigenvalue weighted by atomic mass is 16.3. The molecule has 1 aliphatic rings. The molecule has 1 aromatic carbocycles. The number of carbonyl (C=O) groups excluding carboxylic acids is 2. The van der Waals surface area contributed by atoms with E-state index in [1.165, 1.54) is 0 Å². The average Bonchev–Trinajstić information content (AvgIpc) is 2.79. The second-order valence-corrected chi connectivity index (χ2v) is 5.37. The summed E-state index contributed by atoms with van der Waals surface area (Å²) in [6.07, 6.45) is 1.15. The first kappa shape index (κ1) is 15.5. The molecule has 0 bridgehead atoms. The van der Waals surface area contributed by atoms with Gasteiger partial charge >= 0.3 is 0 Å². The Kier molecular flexibility index (Phi) is 5.33. The Hall–Kier alpha value is -1.88. The lowest BCUT2D eigenvalue weighted by molar-refractivity contribution is -0.127. The molecule has 0 heterocycles. The lowest BCUT2D eigenvalue weighted by Gasteiger charge is -2.17. The summed E-state index contributed by atoms with van der Waals surface area (Å²) in [5.41, 5.74) is 2.03. The number of aliphatic hydroxyl groups is 1. The van der Waals surface area contributed by atoms with Crippen LogP contribution in [0.4, 0.5) is 0 Å². The Balaban J connectivity index is 1.84. The van der Waals surface area contributed by atoms with Crippen molar-refractivity contribution in [1.29, 1.82) is 0 Å². The molecule has 114 valence electrons. The second-order valence-electron chi connectivity index (χ2n) is 5.37. The van der Waals surface area contributed by atoms with E-state index < -0.39 is 6.10 Å². The van der Waals surface area contributed by atoms with Gasteiger partial charge < -0.3 is 15.7 Å². The van der Waals surface area contributed by atoms with E-state index in [1.807, 2.05) is 31.2 Å². The summed E-state index contributed by atoms with van der Waals surface area (Å²) in [6, 6.07) is 7.34. The van der Waals surface area contributed by atoms with Gasteiger partial charge in [0.15, 0.2) is 0 Å². The number of benzene rings is 1. The van der Waals surface area contributed by atoms with E-state index in [2.05, 4.69) is 10.6 Å². The second kappa shape index (κ2) is 7.22. The van der Waals surface area contributed by atoms with Gasteiger partial charge in [-0.05, 0) is 17.5 Å². The van der Waals surface area contributed by atoms with Crippen molar-refractivity contribution in [2.24, 2.45) is 0 Å². The molecule has 0 saturated carbocycles. The monoisotopic (exact) mass is 290 g/mol. The minimum Gasteiger partial charge on any atom is -0.390 e. The number of carbonyl (C=O) groups is 2. The molecule has 1 aliphatic carbocycles. The van der Waals surface area contributed by atoms with Gasteiger partial charge in [-0.3, -0.25) is 9.59 Å². The number of fused-ring (bicyclic) bond motifs is 1. The van der Waals surface area contributed by atoms with Crippen molar-refractivity contribution in [3.63, 3.8) is 0 Å². The molecule has 2 amide bonds. The fourth-order valence-corrected chi connectivity index (χ4v) is 2.57. The van der Waals surface area contributed by atoms with E-state index in [0.29, 0.717) is 13.0 Å². The maximum Gasteiger partial charge on any atom is 0.221 e. The molecule has 5 heteroatoms. The quantitative estimate of drug-likeness (QED) is 0.733. The number of nitrogens with one attached hydrogen (secondary N) is 2. The van der Waals surface area contributed by atoms with Crippen LogP contribution in [0.3, 0.4) is 0 Å². The highest BCUT2D eigenvalue weighted by Crippen LogP contribution is 2.31. The highest BCUT2D eigenvalue weighted by molar-refractivity contribution is 5.84. The third-order valence-corrected chi connectivity index (χ3v) is 3.67. The van der Waals surface area contributed by atoms with Crippen molar-refractivity contribution < 1.29 is 14.7 Å². The van der Waals surface area contributed by atoms with Gasteiger partial charge in [0.1, 0.15) is 0 Å². The van der Waals surface area contributed by atoms with Crippen LogP contribution in [0, 0.1) is 0 Å². The van der Waals surface area contributed by atoms with E-state index in [0.717, 1.165) is 17.5 Å². The van der Waals surface area contributed by atoms with Crippen molar-refractivity contribution in [1.82, 2.24) is 10.6 Å². The molecule has 0 spiro atoms. The van der Waals surface area contributed by atoms with Crippen LogP contribution < -0.4 is 10.6 Å². The predicted octanol–water partition coefficient (Wildman–Crippen LogP) is 1.07. The predicted molar refractivity (Wildman–Crippen MR) is 79.6 cm³/mol. The Morgan fingerprint density at radius 3 is 2.71 bits per heavy atom. The molecule has 0 fully saturated rings. The van der Waals surface area contributed by atoms with Gasteiger partial charge in [-0.2, -0.15) is 0 Å². The zero-order chi connectivity index (χ0) is 15.2. The number of hydrogen-bond donors (Lipinski definition) is 3. The van der Waals surface area contributed by atoms with Gasteiger partial charge in [0, 0.05) is 25.8 Å².